The smallest absolute Gasteiger partial charge is 0.305 e. The second-order valence-electron chi connectivity index (χ2n) is 13.4. The van der Waals surface area contributed by atoms with Crippen molar-refractivity contribution in [2.75, 3.05) is 14.2 Å². The van der Waals surface area contributed by atoms with Gasteiger partial charge in [0.1, 0.15) is 40.0 Å². The minimum atomic E-state index is -1.07. The number of rotatable bonds is 14. The quantitative estimate of drug-likeness (QED) is 0.0811. The Morgan fingerprint density at radius 2 is 1.11 bits per heavy atom. The summed E-state index contributed by atoms with van der Waals surface area (Å²) in [5.74, 6) is -2.24. The maximum Gasteiger partial charge on any atom is 0.305 e. The maximum atomic E-state index is 13.1. The largest absolute Gasteiger partial charge is 0.494 e. The second kappa shape index (κ2) is 20.7. The average molecular weight is 874 g/mol. The molecule has 16 heteroatoms. The first-order chi connectivity index (χ1) is 29.9. The predicted octanol–water partition coefficient (Wildman–Crippen LogP) is 8.66. The molecule has 7 rings (SSSR count). The molecule has 7 aromatic rings. The summed E-state index contributed by atoms with van der Waals surface area (Å²) >= 11 is 12.4. The molecule has 2 atom stereocenters. The molecule has 4 N–H and O–H groups in total. The van der Waals surface area contributed by atoms with Crippen molar-refractivity contribution in [1.29, 1.82) is 0 Å². The number of pyridine rings is 2. The number of hydrogen-bond donors (Lipinski definition) is 4. The first-order valence-corrected chi connectivity index (χ1v) is 19.6. The zero-order chi connectivity index (χ0) is 44.2. The van der Waals surface area contributed by atoms with Gasteiger partial charge in [0.25, 0.3) is 11.8 Å². The number of carboxylic acids is 2. The number of hydrogen-bond acceptors (Lipinski definition) is 10. The van der Waals surface area contributed by atoms with Gasteiger partial charge in [-0.15, -0.1) is 0 Å². The molecular formula is C46H38Cl2N6O8. The van der Waals surface area contributed by atoms with Crippen LogP contribution >= 0.6 is 23.2 Å². The van der Waals surface area contributed by atoms with Crippen molar-refractivity contribution < 1.29 is 38.9 Å². The van der Waals surface area contributed by atoms with E-state index in [0.29, 0.717) is 49.8 Å². The van der Waals surface area contributed by atoms with Gasteiger partial charge in [0.2, 0.25) is 0 Å². The third-order valence-corrected chi connectivity index (χ3v) is 10.1. The lowest BCUT2D eigenvalue weighted by Crippen LogP contribution is -2.31. The number of aliphatic carboxylic acids is 2. The molecule has 3 aromatic heterocycles. The van der Waals surface area contributed by atoms with Crippen molar-refractivity contribution in [2.45, 2.75) is 24.9 Å². The first-order valence-electron chi connectivity index (χ1n) is 18.9. The van der Waals surface area contributed by atoms with Crippen LogP contribution in [0.25, 0.3) is 33.4 Å². The zero-order valence-corrected chi connectivity index (χ0v) is 34.7. The van der Waals surface area contributed by atoms with Crippen molar-refractivity contribution in [3.8, 4) is 34.1 Å². The first kappa shape index (κ1) is 44.1. The lowest BCUT2D eigenvalue weighted by atomic mass is 10.0. The van der Waals surface area contributed by atoms with E-state index in [0.717, 1.165) is 16.3 Å². The fourth-order valence-corrected chi connectivity index (χ4v) is 6.96. The fraction of sp³-hybridized carbons (Fsp3) is 0.130. The summed E-state index contributed by atoms with van der Waals surface area (Å²) < 4.78 is 10.8. The summed E-state index contributed by atoms with van der Waals surface area (Å²) in [7, 11) is 3.03. The van der Waals surface area contributed by atoms with Gasteiger partial charge in [0.15, 0.2) is 0 Å². The minimum absolute atomic E-state index is 0.0777. The van der Waals surface area contributed by atoms with Crippen LogP contribution in [0, 0.1) is 0 Å². The Balaban J connectivity index is 0.000000209. The van der Waals surface area contributed by atoms with E-state index in [1.807, 2.05) is 42.5 Å². The standard InChI is InChI=1S/C26H21ClN2O4.C20H17ClN4O4/c1-33-23-13-12-21(28-25(23)18-11-10-16-6-2-3-7-17(16)14-18)26(32)29-22(15-24(30)31)19-8-4-5-9-20(19)27;1-29-17-7-6-14(24-19(17)16-11-22-8-9-23-16)20(28)25-15(10-18(26)27)12-4-2-3-5-13(12)21/h2-14,22H,15H2,1H3,(H,29,32)(H,30,31);2-9,11,15H,10H2,1H3,(H,25,28)(H,26,27)/t22-;15-/m00/s1. The molecule has 14 nitrogen and oxygen atoms in total. The Hall–Kier alpha value is -7.42. The van der Waals surface area contributed by atoms with Crippen LogP contribution in [0.1, 0.15) is 57.0 Å². The molecule has 0 aliphatic rings. The van der Waals surface area contributed by atoms with Crippen LogP contribution in [0.4, 0.5) is 0 Å². The van der Waals surface area contributed by atoms with Gasteiger partial charge >= 0.3 is 11.9 Å². The number of methoxy groups -OCH3 is 2. The highest BCUT2D eigenvalue weighted by molar-refractivity contribution is 6.31. The second-order valence-corrected chi connectivity index (χ2v) is 14.3. The molecule has 0 spiro atoms. The molecular weight excluding hydrogens is 835 g/mol. The zero-order valence-electron chi connectivity index (χ0n) is 33.2. The van der Waals surface area contributed by atoms with Crippen LogP contribution in [-0.2, 0) is 9.59 Å². The Kier molecular flexibility index (Phi) is 14.7. The highest BCUT2D eigenvalue weighted by Crippen LogP contribution is 2.32. The molecule has 0 unspecified atom stereocenters. The third-order valence-electron chi connectivity index (χ3n) is 9.38. The average Bonchev–Trinajstić information content (AvgIpc) is 3.28. The van der Waals surface area contributed by atoms with Gasteiger partial charge in [-0.05, 0) is 64.4 Å². The van der Waals surface area contributed by atoms with E-state index in [1.54, 1.807) is 73.8 Å². The maximum absolute atomic E-state index is 13.1. The number of amides is 2. The van der Waals surface area contributed by atoms with Gasteiger partial charge in [-0.3, -0.25) is 29.1 Å². The predicted molar refractivity (Wildman–Crippen MR) is 233 cm³/mol. The fourth-order valence-electron chi connectivity index (χ4n) is 6.43. The number of fused-ring (bicyclic) bond motifs is 1. The molecule has 314 valence electrons. The number of halogens is 2. The lowest BCUT2D eigenvalue weighted by Gasteiger charge is -2.19. The van der Waals surface area contributed by atoms with Crippen LogP contribution in [-0.4, -0.2) is 68.1 Å². The summed E-state index contributed by atoms with van der Waals surface area (Å²) in [6.45, 7) is 0. The van der Waals surface area contributed by atoms with E-state index in [4.69, 9.17) is 32.7 Å². The van der Waals surface area contributed by atoms with Gasteiger partial charge in [-0.1, -0.05) is 96.0 Å². The number of nitrogens with zero attached hydrogens (tertiary/aromatic N) is 4. The van der Waals surface area contributed by atoms with Gasteiger partial charge in [-0.25, -0.2) is 9.97 Å². The molecule has 2 amide bonds. The van der Waals surface area contributed by atoms with Crippen LogP contribution in [0.5, 0.6) is 11.5 Å². The Labute approximate surface area is 365 Å². The van der Waals surface area contributed by atoms with Crippen molar-refractivity contribution in [3.05, 3.63) is 166 Å². The summed E-state index contributed by atoms with van der Waals surface area (Å²) in [5, 5.41) is 26.9. The molecule has 0 saturated heterocycles. The molecule has 0 aliphatic carbocycles. The number of carbonyl (C=O) groups is 4. The van der Waals surface area contributed by atoms with Gasteiger partial charge in [-0.2, -0.15) is 0 Å². The van der Waals surface area contributed by atoms with Crippen LogP contribution < -0.4 is 20.1 Å². The van der Waals surface area contributed by atoms with Crippen molar-refractivity contribution >= 4 is 57.7 Å². The lowest BCUT2D eigenvalue weighted by molar-refractivity contribution is -0.138. The molecule has 0 radical (unpaired) electrons. The molecule has 0 fully saturated rings. The van der Waals surface area contributed by atoms with E-state index in [2.05, 4.69) is 30.6 Å². The summed E-state index contributed by atoms with van der Waals surface area (Å²) in [4.78, 5) is 65.7. The third kappa shape index (κ3) is 11.0. The number of benzene rings is 4. The molecule has 4 aromatic carbocycles. The number of nitrogens with one attached hydrogen (secondary N) is 2. The number of carbonyl (C=O) groups excluding carboxylic acids is 2. The molecule has 0 saturated carbocycles. The summed E-state index contributed by atoms with van der Waals surface area (Å²) in [5.41, 5.74) is 3.35. The monoisotopic (exact) mass is 872 g/mol. The summed E-state index contributed by atoms with van der Waals surface area (Å²) in [6, 6.07) is 32.1. The Morgan fingerprint density at radius 3 is 1.61 bits per heavy atom. The van der Waals surface area contributed by atoms with E-state index < -0.39 is 35.8 Å². The molecule has 3 heterocycles. The van der Waals surface area contributed by atoms with E-state index in [-0.39, 0.29) is 24.2 Å². The highest BCUT2D eigenvalue weighted by atomic mass is 35.5. The molecule has 0 bridgehead atoms. The van der Waals surface area contributed by atoms with E-state index in [1.165, 1.54) is 31.8 Å². The van der Waals surface area contributed by atoms with Gasteiger partial charge in [0.05, 0.1) is 45.3 Å². The molecule has 62 heavy (non-hydrogen) atoms. The van der Waals surface area contributed by atoms with Gasteiger partial charge < -0.3 is 30.3 Å². The summed E-state index contributed by atoms with van der Waals surface area (Å²) in [6.07, 6.45) is 3.88. The van der Waals surface area contributed by atoms with E-state index in [9.17, 15) is 29.4 Å². The Morgan fingerprint density at radius 1 is 0.613 bits per heavy atom. The van der Waals surface area contributed by atoms with Crippen molar-refractivity contribution in [3.63, 3.8) is 0 Å². The number of ether oxygens (including phenoxy) is 2. The van der Waals surface area contributed by atoms with Crippen molar-refractivity contribution in [1.82, 2.24) is 30.6 Å². The topological polar surface area (TPSA) is 203 Å². The van der Waals surface area contributed by atoms with Crippen molar-refractivity contribution in [2.24, 2.45) is 0 Å². The SMILES string of the molecule is COc1ccc(C(=O)N[C@@H](CC(=O)O)c2ccccc2Cl)nc1-c1ccc2ccccc2c1.COc1ccc(C(=O)N[C@@H](CC(=O)O)c2ccccc2Cl)nc1-c1cnccn1. The highest BCUT2D eigenvalue weighted by Gasteiger charge is 2.24. The van der Waals surface area contributed by atoms with Crippen LogP contribution in [0.3, 0.4) is 0 Å². The molecule has 0 aliphatic heterocycles. The van der Waals surface area contributed by atoms with Gasteiger partial charge in [0, 0.05) is 28.0 Å². The number of aromatic nitrogens is 4. The normalized spacial score (nSPS) is 11.6. The minimum Gasteiger partial charge on any atom is -0.494 e. The Bertz CT molecular complexity index is 2740. The van der Waals surface area contributed by atoms with E-state index >= 15 is 0 Å². The number of carboxylic acid groups (broad SMARTS) is 2. The van der Waals surface area contributed by atoms with Crippen LogP contribution in [0.2, 0.25) is 10.0 Å². The van der Waals surface area contributed by atoms with Crippen LogP contribution in [0.15, 0.2) is 134 Å².